The first-order chi connectivity index (χ1) is 15.9. The smallest absolute Gasteiger partial charge is 0.225 e. The van der Waals surface area contributed by atoms with Crippen LogP contribution in [0, 0.1) is 11.3 Å². The summed E-state index contributed by atoms with van der Waals surface area (Å²) >= 11 is 8.31. The van der Waals surface area contributed by atoms with Crippen LogP contribution in [0.25, 0.3) is 10.2 Å². The average Bonchev–Trinajstić information content (AvgIpc) is 3.16. The highest BCUT2D eigenvalue weighted by molar-refractivity contribution is 7.19. The molecule has 0 N–H and O–H groups in total. The molecule has 5 rings (SSSR count). The van der Waals surface area contributed by atoms with Crippen LogP contribution in [-0.2, 0) is 25.9 Å². The summed E-state index contributed by atoms with van der Waals surface area (Å²) in [6.07, 6.45) is 3.41. The van der Waals surface area contributed by atoms with E-state index in [-0.39, 0.29) is 0 Å². The van der Waals surface area contributed by atoms with Gasteiger partial charge in [-0.25, -0.2) is 4.98 Å². The first-order valence-electron chi connectivity index (χ1n) is 11.7. The van der Waals surface area contributed by atoms with Crippen LogP contribution in [0.5, 0.6) is 0 Å². The third kappa shape index (κ3) is 4.78. The number of fused-ring (bicyclic) bond motifs is 3. The lowest BCUT2D eigenvalue weighted by Crippen LogP contribution is -2.26. The molecule has 1 aliphatic carbocycles. The van der Waals surface area contributed by atoms with E-state index < -0.39 is 0 Å². The second-order valence-electron chi connectivity index (χ2n) is 10.1. The van der Waals surface area contributed by atoms with E-state index >= 15 is 0 Å². The van der Waals surface area contributed by atoms with Crippen molar-refractivity contribution in [2.24, 2.45) is 11.3 Å². The Morgan fingerprint density at radius 2 is 1.55 bits per heavy atom. The van der Waals surface area contributed by atoms with Gasteiger partial charge in [-0.2, -0.15) is 4.98 Å². The van der Waals surface area contributed by atoms with E-state index in [0.29, 0.717) is 16.6 Å². The van der Waals surface area contributed by atoms with E-state index in [4.69, 9.17) is 16.6 Å². The summed E-state index contributed by atoms with van der Waals surface area (Å²) in [6.45, 7) is 8.62. The Labute approximate surface area is 205 Å². The fourth-order valence-corrected chi connectivity index (χ4v) is 6.42. The summed E-state index contributed by atoms with van der Waals surface area (Å²) in [4.78, 5) is 14.4. The highest BCUT2D eigenvalue weighted by Gasteiger charge is 2.32. The molecule has 0 bridgehead atoms. The topological polar surface area (TPSA) is 29.0 Å². The number of nitrogens with zero attached hydrogens (tertiary/aromatic N) is 3. The lowest BCUT2D eigenvalue weighted by molar-refractivity contribution is 0.218. The van der Waals surface area contributed by atoms with Crippen LogP contribution in [0.3, 0.4) is 0 Å². The van der Waals surface area contributed by atoms with Crippen LogP contribution in [-0.4, -0.2) is 9.97 Å². The molecular formula is C28H30ClN3S. The fraction of sp³-hybridized carbons (Fsp3) is 0.357. The van der Waals surface area contributed by atoms with Crippen LogP contribution < -0.4 is 4.90 Å². The number of hydrogen-bond acceptors (Lipinski definition) is 4. The van der Waals surface area contributed by atoms with Gasteiger partial charge in [0.15, 0.2) is 0 Å². The molecule has 4 aromatic rings. The van der Waals surface area contributed by atoms with Gasteiger partial charge in [0.2, 0.25) is 5.28 Å². The van der Waals surface area contributed by atoms with Crippen LogP contribution in [0.2, 0.25) is 5.28 Å². The zero-order valence-electron chi connectivity index (χ0n) is 19.5. The highest BCUT2D eigenvalue weighted by Crippen LogP contribution is 2.45. The number of benzene rings is 2. The lowest BCUT2D eigenvalue weighted by Gasteiger charge is -2.34. The standard InChI is InChI=1S/C28H30ClN3S/c1-28(2,3)21-14-15-22-23(16-21)33-26-24(22)25(30-27(29)31-26)32(17-19-10-6-4-7-11-19)18-20-12-8-5-9-13-20/h4-13,21H,14-18H2,1-3H3. The van der Waals surface area contributed by atoms with Gasteiger partial charge in [0, 0.05) is 18.0 Å². The molecule has 0 amide bonds. The van der Waals surface area contributed by atoms with Gasteiger partial charge in [-0.3, -0.25) is 0 Å². The molecule has 0 fully saturated rings. The Morgan fingerprint density at radius 3 is 2.12 bits per heavy atom. The second-order valence-corrected chi connectivity index (χ2v) is 11.6. The highest BCUT2D eigenvalue weighted by atomic mass is 35.5. The normalized spacial score (nSPS) is 16.1. The van der Waals surface area contributed by atoms with Gasteiger partial charge in [-0.05, 0) is 58.9 Å². The van der Waals surface area contributed by atoms with Crippen molar-refractivity contribution in [3.8, 4) is 0 Å². The lowest BCUT2D eigenvalue weighted by atomic mass is 9.72. The molecule has 3 nitrogen and oxygen atoms in total. The molecule has 2 heterocycles. The predicted octanol–water partition coefficient (Wildman–Crippen LogP) is 7.70. The Hall–Kier alpha value is -2.43. The molecular weight excluding hydrogens is 446 g/mol. The predicted molar refractivity (Wildman–Crippen MR) is 140 cm³/mol. The molecule has 0 saturated heterocycles. The molecule has 1 unspecified atom stereocenters. The van der Waals surface area contributed by atoms with Gasteiger partial charge >= 0.3 is 0 Å². The molecule has 2 aromatic carbocycles. The van der Waals surface area contributed by atoms with Crippen molar-refractivity contribution in [2.45, 2.75) is 53.1 Å². The van der Waals surface area contributed by atoms with Crippen LogP contribution in [0.15, 0.2) is 60.7 Å². The van der Waals surface area contributed by atoms with Gasteiger partial charge in [0.05, 0.1) is 5.39 Å². The van der Waals surface area contributed by atoms with Crippen molar-refractivity contribution < 1.29 is 0 Å². The molecule has 0 radical (unpaired) electrons. The van der Waals surface area contributed by atoms with Crippen molar-refractivity contribution >= 4 is 39.0 Å². The van der Waals surface area contributed by atoms with Gasteiger partial charge < -0.3 is 4.90 Å². The van der Waals surface area contributed by atoms with Gasteiger partial charge in [-0.15, -0.1) is 11.3 Å². The molecule has 170 valence electrons. The maximum Gasteiger partial charge on any atom is 0.225 e. The minimum Gasteiger partial charge on any atom is -0.347 e. The van der Waals surface area contributed by atoms with Crippen molar-refractivity contribution in [1.82, 2.24) is 9.97 Å². The van der Waals surface area contributed by atoms with Gasteiger partial charge in [-0.1, -0.05) is 81.4 Å². The molecule has 0 aliphatic heterocycles. The van der Waals surface area contributed by atoms with Crippen LogP contribution in [0.4, 0.5) is 5.82 Å². The first-order valence-corrected chi connectivity index (χ1v) is 12.9. The quantitative estimate of drug-likeness (QED) is 0.277. The van der Waals surface area contributed by atoms with Crippen molar-refractivity contribution in [2.75, 3.05) is 4.90 Å². The Balaban J connectivity index is 1.61. The van der Waals surface area contributed by atoms with Crippen LogP contribution >= 0.6 is 22.9 Å². The summed E-state index contributed by atoms with van der Waals surface area (Å²) in [5.74, 6) is 1.65. The zero-order valence-corrected chi connectivity index (χ0v) is 21.1. The second kappa shape index (κ2) is 9.08. The number of halogens is 1. The van der Waals surface area contributed by atoms with Gasteiger partial charge in [0.25, 0.3) is 0 Å². The molecule has 0 spiro atoms. The summed E-state index contributed by atoms with van der Waals surface area (Å²) in [5.41, 5.74) is 4.27. The van der Waals surface area contributed by atoms with Crippen molar-refractivity contribution in [3.05, 3.63) is 87.5 Å². The van der Waals surface area contributed by atoms with E-state index in [1.165, 1.54) is 33.4 Å². The SMILES string of the molecule is CC(C)(C)C1CCc2c(sc3nc(Cl)nc(N(Cc4ccccc4)Cc4ccccc4)c23)C1. The first kappa shape index (κ1) is 22.4. The van der Waals surface area contributed by atoms with Gasteiger partial charge in [0.1, 0.15) is 10.6 Å². The average molecular weight is 476 g/mol. The molecule has 1 atom stereocenters. The Bertz CT molecular complexity index is 1200. The summed E-state index contributed by atoms with van der Waals surface area (Å²) in [5, 5.41) is 1.54. The fourth-order valence-electron chi connectivity index (χ4n) is 4.91. The largest absolute Gasteiger partial charge is 0.347 e. The zero-order chi connectivity index (χ0) is 23.0. The van der Waals surface area contributed by atoms with E-state index in [2.05, 4.69) is 91.3 Å². The summed E-state index contributed by atoms with van der Waals surface area (Å²) in [6, 6.07) is 21.2. The van der Waals surface area contributed by atoms with E-state index in [9.17, 15) is 0 Å². The third-order valence-electron chi connectivity index (χ3n) is 6.82. The molecule has 1 aliphatic rings. The number of rotatable bonds is 5. The van der Waals surface area contributed by atoms with Crippen molar-refractivity contribution in [1.29, 1.82) is 0 Å². The molecule has 33 heavy (non-hydrogen) atoms. The number of anilines is 1. The minimum absolute atomic E-state index is 0.312. The van der Waals surface area contributed by atoms with E-state index in [1.54, 1.807) is 0 Å². The Kier molecular flexibility index (Phi) is 6.15. The molecule has 5 heteroatoms. The molecule has 0 saturated carbocycles. The molecule has 2 aromatic heterocycles. The maximum absolute atomic E-state index is 6.50. The maximum atomic E-state index is 6.50. The van der Waals surface area contributed by atoms with E-state index in [0.717, 1.165) is 36.6 Å². The van der Waals surface area contributed by atoms with E-state index in [1.807, 2.05) is 11.3 Å². The van der Waals surface area contributed by atoms with Crippen molar-refractivity contribution in [3.63, 3.8) is 0 Å². The summed E-state index contributed by atoms with van der Waals surface area (Å²) < 4.78 is 0. The number of aromatic nitrogens is 2. The minimum atomic E-state index is 0.312. The summed E-state index contributed by atoms with van der Waals surface area (Å²) in [7, 11) is 0. The number of thiophene rings is 1. The number of hydrogen-bond donors (Lipinski definition) is 0. The Morgan fingerprint density at radius 1 is 0.939 bits per heavy atom. The van der Waals surface area contributed by atoms with Crippen LogP contribution in [0.1, 0.15) is 48.8 Å². The number of aryl methyl sites for hydroxylation is 1. The third-order valence-corrected chi connectivity index (χ3v) is 8.14. The monoisotopic (exact) mass is 475 g/mol.